The topological polar surface area (TPSA) is 55.1 Å². The van der Waals surface area contributed by atoms with Gasteiger partial charge in [-0.1, -0.05) is 37.3 Å². The van der Waals surface area contributed by atoms with Crippen LogP contribution in [-0.4, -0.2) is 18.5 Å². The van der Waals surface area contributed by atoms with Crippen LogP contribution in [0.2, 0.25) is 0 Å². The summed E-state index contributed by atoms with van der Waals surface area (Å²) in [5, 5.41) is 3.06. The molecule has 18 heavy (non-hydrogen) atoms. The lowest BCUT2D eigenvalue weighted by Crippen LogP contribution is -2.37. The van der Waals surface area contributed by atoms with E-state index in [9.17, 15) is 4.79 Å². The summed E-state index contributed by atoms with van der Waals surface area (Å²) in [5.74, 6) is 0.179. The van der Waals surface area contributed by atoms with E-state index in [0.29, 0.717) is 6.54 Å². The molecule has 0 radical (unpaired) electrons. The molecule has 1 aromatic rings. The highest BCUT2D eigenvalue weighted by Gasteiger charge is 2.14. The molecule has 0 saturated carbocycles. The SMILES string of the molecule is CC(Cc1ccccc1)NC(=O)C(C)CCCN. The first kappa shape index (κ1) is 14.7. The highest BCUT2D eigenvalue weighted by Crippen LogP contribution is 2.07. The highest BCUT2D eigenvalue weighted by atomic mass is 16.1. The van der Waals surface area contributed by atoms with Gasteiger partial charge in [0, 0.05) is 12.0 Å². The monoisotopic (exact) mass is 248 g/mol. The second kappa shape index (κ2) is 7.88. The summed E-state index contributed by atoms with van der Waals surface area (Å²) in [5.41, 5.74) is 6.70. The Labute approximate surface area is 110 Å². The minimum atomic E-state index is 0.0479. The number of nitrogens with one attached hydrogen (secondary N) is 1. The molecule has 0 aliphatic heterocycles. The summed E-state index contributed by atoms with van der Waals surface area (Å²) in [6, 6.07) is 10.4. The van der Waals surface area contributed by atoms with Crippen molar-refractivity contribution in [2.45, 2.75) is 39.2 Å². The summed E-state index contributed by atoms with van der Waals surface area (Å²) < 4.78 is 0. The van der Waals surface area contributed by atoms with E-state index in [2.05, 4.69) is 17.4 Å². The van der Waals surface area contributed by atoms with Crippen molar-refractivity contribution >= 4 is 5.91 Å². The fourth-order valence-corrected chi connectivity index (χ4v) is 1.96. The molecule has 0 bridgehead atoms. The third kappa shape index (κ3) is 5.32. The van der Waals surface area contributed by atoms with E-state index < -0.39 is 0 Å². The quantitative estimate of drug-likeness (QED) is 0.776. The van der Waals surface area contributed by atoms with Crippen molar-refractivity contribution in [3.63, 3.8) is 0 Å². The van der Waals surface area contributed by atoms with E-state index >= 15 is 0 Å². The number of benzene rings is 1. The molecule has 3 heteroatoms. The Morgan fingerprint density at radius 2 is 1.94 bits per heavy atom. The minimum Gasteiger partial charge on any atom is -0.353 e. The van der Waals surface area contributed by atoms with Gasteiger partial charge in [0.15, 0.2) is 0 Å². The number of nitrogens with two attached hydrogens (primary N) is 1. The van der Waals surface area contributed by atoms with Crippen LogP contribution < -0.4 is 11.1 Å². The normalized spacial score (nSPS) is 13.9. The standard InChI is InChI=1S/C15H24N2O/c1-12(7-6-10-16)15(18)17-13(2)11-14-8-4-3-5-9-14/h3-5,8-9,12-13H,6-7,10-11,16H2,1-2H3,(H,17,18). The van der Waals surface area contributed by atoms with E-state index in [4.69, 9.17) is 5.73 Å². The van der Waals surface area contributed by atoms with Crippen molar-refractivity contribution in [3.8, 4) is 0 Å². The van der Waals surface area contributed by atoms with Crippen molar-refractivity contribution in [1.82, 2.24) is 5.32 Å². The maximum atomic E-state index is 11.9. The molecule has 0 aromatic heterocycles. The summed E-state index contributed by atoms with van der Waals surface area (Å²) in [4.78, 5) is 11.9. The number of amides is 1. The van der Waals surface area contributed by atoms with Crippen molar-refractivity contribution in [1.29, 1.82) is 0 Å². The third-order valence-electron chi connectivity index (χ3n) is 3.06. The van der Waals surface area contributed by atoms with Crippen LogP contribution in [0, 0.1) is 5.92 Å². The lowest BCUT2D eigenvalue weighted by Gasteiger charge is -2.17. The average Bonchev–Trinajstić information content (AvgIpc) is 2.36. The maximum Gasteiger partial charge on any atom is 0.223 e. The Bertz CT molecular complexity index is 351. The van der Waals surface area contributed by atoms with Crippen LogP contribution in [0.25, 0.3) is 0 Å². The Balaban J connectivity index is 2.35. The van der Waals surface area contributed by atoms with Gasteiger partial charge in [0.2, 0.25) is 5.91 Å². The number of hydrogen-bond acceptors (Lipinski definition) is 2. The smallest absolute Gasteiger partial charge is 0.223 e. The molecule has 1 aromatic carbocycles. The van der Waals surface area contributed by atoms with Crippen LogP contribution >= 0.6 is 0 Å². The molecule has 100 valence electrons. The summed E-state index contributed by atoms with van der Waals surface area (Å²) >= 11 is 0. The van der Waals surface area contributed by atoms with Crippen LogP contribution in [0.5, 0.6) is 0 Å². The second-order valence-corrected chi connectivity index (χ2v) is 4.93. The van der Waals surface area contributed by atoms with Gasteiger partial charge in [-0.15, -0.1) is 0 Å². The predicted octanol–water partition coefficient (Wildman–Crippen LogP) is 2.11. The molecular weight excluding hydrogens is 224 g/mol. The predicted molar refractivity (Wildman–Crippen MR) is 75.2 cm³/mol. The zero-order valence-electron chi connectivity index (χ0n) is 11.4. The van der Waals surface area contributed by atoms with E-state index in [1.807, 2.05) is 32.0 Å². The largest absolute Gasteiger partial charge is 0.353 e. The summed E-state index contributed by atoms with van der Waals surface area (Å²) in [7, 11) is 0. The van der Waals surface area contributed by atoms with E-state index in [1.54, 1.807) is 0 Å². The first-order valence-electron chi connectivity index (χ1n) is 6.68. The highest BCUT2D eigenvalue weighted by molar-refractivity contribution is 5.78. The van der Waals surface area contributed by atoms with E-state index in [1.165, 1.54) is 5.56 Å². The third-order valence-corrected chi connectivity index (χ3v) is 3.06. The molecule has 1 amide bonds. The molecular formula is C15H24N2O. The average molecular weight is 248 g/mol. The van der Waals surface area contributed by atoms with Gasteiger partial charge in [0.05, 0.1) is 0 Å². The van der Waals surface area contributed by atoms with Gasteiger partial charge in [-0.05, 0) is 38.3 Å². The maximum absolute atomic E-state index is 11.9. The number of carbonyl (C=O) groups is 1. The fraction of sp³-hybridized carbons (Fsp3) is 0.533. The van der Waals surface area contributed by atoms with Gasteiger partial charge in [0.1, 0.15) is 0 Å². The second-order valence-electron chi connectivity index (χ2n) is 4.93. The van der Waals surface area contributed by atoms with E-state index in [0.717, 1.165) is 19.3 Å². The lowest BCUT2D eigenvalue weighted by molar-refractivity contribution is -0.125. The molecule has 0 aliphatic rings. The Morgan fingerprint density at radius 3 is 2.56 bits per heavy atom. The fourth-order valence-electron chi connectivity index (χ4n) is 1.96. The molecule has 2 atom stereocenters. The Morgan fingerprint density at radius 1 is 1.28 bits per heavy atom. The number of rotatable bonds is 7. The van der Waals surface area contributed by atoms with Gasteiger partial charge in [-0.3, -0.25) is 4.79 Å². The molecule has 3 nitrogen and oxygen atoms in total. The first-order chi connectivity index (χ1) is 8.63. The molecule has 2 unspecified atom stereocenters. The molecule has 1 rings (SSSR count). The van der Waals surface area contributed by atoms with Crippen LogP contribution in [0.4, 0.5) is 0 Å². The molecule has 0 heterocycles. The zero-order chi connectivity index (χ0) is 13.4. The van der Waals surface area contributed by atoms with Crippen LogP contribution in [-0.2, 0) is 11.2 Å². The van der Waals surface area contributed by atoms with Gasteiger partial charge >= 0.3 is 0 Å². The minimum absolute atomic E-state index is 0.0479. The lowest BCUT2D eigenvalue weighted by atomic mass is 10.0. The summed E-state index contributed by atoms with van der Waals surface area (Å²) in [6.45, 7) is 4.65. The van der Waals surface area contributed by atoms with Crippen molar-refractivity contribution in [2.75, 3.05) is 6.54 Å². The van der Waals surface area contributed by atoms with Crippen molar-refractivity contribution < 1.29 is 4.79 Å². The van der Waals surface area contributed by atoms with Gasteiger partial charge in [0.25, 0.3) is 0 Å². The van der Waals surface area contributed by atoms with Gasteiger partial charge < -0.3 is 11.1 Å². The first-order valence-corrected chi connectivity index (χ1v) is 6.68. The summed E-state index contributed by atoms with van der Waals surface area (Å²) in [6.07, 6.45) is 2.64. The van der Waals surface area contributed by atoms with E-state index in [-0.39, 0.29) is 17.9 Å². The van der Waals surface area contributed by atoms with Gasteiger partial charge in [-0.25, -0.2) is 0 Å². The van der Waals surface area contributed by atoms with Crippen LogP contribution in [0.3, 0.4) is 0 Å². The molecule has 0 spiro atoms. The Kier molecular flexibility index (Phi) is 6.44. The van der Waals surface area contributed by atoms with Gasteiger partial charge in [-0.2, -0.15) is 0 Å². The molecule has 0 aliphatic carbocycles. The molecule has 0 saturated heterocycles. The number of hydrogen-bond donors (Lipinski definition) is 2. The zero-order valence-corrected chi connectivity index (χ0v) is 11.4. The molecule has 0 fully saturated rings. The molecule has 3 N–H and O–H groups in total. The number of carbonyl (C=O) groups excluding carboxylic acids is 1. The van der Waals surface area contributed by atoms with Crippen LogP contribution in [0.1, 0.15) is 32.3 Å². The van der Waals surface area contributed by atoms with Crippen LogP contribution in [0.15, 0.2) is 30.3 Å². The van der Waals surface area contributed by atoms with Crippen molar-refractivity contribution in [3.05, 3.63) is 35.9 Å². The Hall–Kier alpha value is -1.35. The van der Waals surface area contributed by atoms with Crippen molar-refractivity contribution in [2.24, 2.45) is 11.7 Å².